The van der Waals surface area contributed by atoms with E-state index >= 15 is 0 Å². The van der Waals surface area contributed by atoms with Gasteiger partial charge in [0.15, 0.2) is 0 Å². The van der Waals surface area contributed by atoms with Crippen molar-refractivity contribution in [2.75, 3.05) is 13.2 Å². The highest BCUT2D eigenvalue weighted by Crippen LogP contribution is 2.24. The number of benzene rings is 1. The van der Waals surface area contributed by atoms with Gasteiger partial charge >= 0.3 is 0 Å². The van der Waals surface area contributed by atoms with Crippen LogP contribution in [-0.4, -0.2) is 35.1 Å². The van der Waals surface area contributed by atoms with Crippen molar-refractivity contribution in [2.45, 2.75) is 63.8 Å². The molecule has 2 rings (SSSR count). The van der Waals surface area contributed by atoms with E-state index in [0.29, 0.717) is 6.04 Å². The van der Waals surface area contributed by atoms with E-state index in [-0.39, 0.29) is 12.5 Å². The molecule has 0 bridgehead atoms. The Morgan fingerprint density at radius 2 is 1.68 bits per heavy atom. The fraction of sp³-hybridized carbons (Fsp3) is 0.632. The van der Waals surface area contributed by atoms with Crippen LogP contribution in [0.2, 0.25) is 0 Å². The van der Waals surface area contributed by atoms with Crippen molar-refractivity contribution in [1.29, 1.82) is 0 Å². The van der Waals surface area contributed by atoms with E-state index in [1.165, 1.54) is 19.3 Å². The van der Waals surface area contributed by atoms with Gasteiger partial charge in [0.05, 0.1) is 0 Å². The molecule has 0 unspecified atom stereocenters. The van der Waals surface area contributed by atoms with Crippen molar-refractivity contribution in [3.05, 3.63) is 35.9 Å². The molecule has 1 fully saturated rings. The lowest BCUT2D eigenvalue weighted by atomic mass is 9.93. The summed E-state index contributed by atoms with van der Waals surface area (Å²) >= 11 is 0. The van der Waals surface area contributed by atoms with Crippen LogP contribution < -0.4 is 0 Å². The fourth-order valence-corrected chi connectivity index (χ4v) is 3.34. The Morgan fingerprint density at radius 3 is 2.36 bits per heavy atom. The summed E-state index contributed by atoms with van der Waals surface area (Å²) in [7, 11) is 0. The van der Waals surface area contributed by atoms with Gasteiger partial charge in [0, 0.05) is 24.8 Å². The van der Waals surface area contributed by atoms with Gasteiger partial charge in [-0.05, 0) is 37.8 Å². The number of rotatable bonds is 8. The number of nitrogens with zero attached hydrogens (tertiary/aromatic N) is 1. The molecule has 3 heteroatoms. The number of aliphatic hydroxyl groups excluding tert-OH is 1. The molecule has 1 saturated carbocycles. The topological polar surface area (TPSA) is 40.5 Å². The van der Waals surface area contributed by atoms with E-state index in [1.807, 2.05) is 30.3 Å². The zero-order chi connectivity index (χ0) is 15.6. The van der Waals surface area contributed by atoms with Crippen LogP contribution in [0.1, 0.15) is 68.1 Å². The van der Waals surface area contributed by atoms with Gasteiger partial charge in [0.25, 0.3) is 5.91 Å². The highest BCUT2D eigenvalue weighted by atomic mass is 16.2. The molecule has 1 aromatic rings. The van der Waals surface area contributed by atoms with Crippen molar-refractivity contribution in [1.82, 2.24) is 4.90 Å². The Balaban J connectivity index is 1.96. The summed E-state index contributed by atoms with van der Waals surface area (Å²) in [6.07, 6.45) is 10.1. The molecule has 0 aliphatic heterocycles. The number of aliphatic hydroxyl groups is 1. The number of unbranched alkanes of at least 4 members (excludes halogenated alkanes) is 3. The van der Waals surface area contributed by atoms with Crippen molar-refractivity contribution >= 4 is 5.91 Å². The van der Waals surface area contributed by atoms with Gasteiger partial charge in [-0.2, -0.15) is 0 Å². The Morgan fingerprint density at radius 1 is 1.00 bits per heavy atom. The van der Waals surface area contributed by atoms with Crippen LogP contribution in [-0.2, 0) is 0 Å². The van der Waals surface area contributed by atoms with E-state index in [4.69, 9.17) is 5.11 Å². The first kappa shape index (κ1) is 17.0. The molecule has 1 N–H and O–H groups in total. The molecule has 1 aliphatic carbocycles. The minimum Gasteiger partial charge on any atom is -0.396 e. The van der Waals surface area contributed by atoms with E-state index in [1.54, 1.807) is 0 Å². The van der Waals surface area contributed by atoms with Gasteiger partial charge in [-0.1, -0.05) is 50.3 Å². The maximum absolute atomic E-state index is 12.8. The zero-order valence-electron chi connectivity index (χ0n) is 13.5. The van der Waals surface area contributed by atoms with Crippen LogP contribution >= 0.6 is 0 Å². The molecule has 0 radical (unpaired) electrons. The first-order valence-corrected chi connectivity index (χ1v) is 8.80. The minimum atomic E-state index is 0.189. The Hall–Kier alpha value is -1.35. The van der Waals surface area contributed by atoms with Crippen molar-refractivity contribution in [3.8, 4) is 0 Å². The predicted molar refractivity (Wildman–Crippen MR) is 89.9 cm³/mol. The monoisotopic (exact) mass is 303 g/mol. The van der Waals surface area contributed by atoms with Crippen LogP contribution in [0.15, 0.2) is 30.3 Å². The van der Waals surface area contributed by atoms with E-state index in [2.05, 4.69) is 4.90 Å². The maximum atomic E-state index is 12.8. The minimum absolute atomic E-state index is 0.189. The molecule has 1 amide bonds. The van der Waals surface area contributed by atoms with E-state index in [9.17, 15) is 4.79 Å². The second-order valence-corrected chi connectivity index (χ2v) is 6.29. The van der Waals surface area contributed by atoms with Crippen LogP contribution in [0.25, 0.3) is 0 Å². The van der Waals surface area contributed by atoms with Crippen LogP contribution in [0, 0.1) is 0 Å². The third kappa shape index (κ3) is 5.13. The smallest absolute Gasteiger partial charge is 0.254 e. The van der Waals surface area contributed by atoms with Crippen LogP contribution in [0.3, 0.4) is 0 Å². The molecule has 122 valence electrons. The molecule has 1 aliphatic rings. The molecule has 0 spiro atoms. The summed E-state index contributed by atoms with van der Waals surface area (Å²) in [5.41, 5.74) is 0.809. The molecular weight excluding hydrogens is 274 g/mol. The SMILES string of the molecule is O=C(c1ccccc1)N(CCCCCCO)C1CCCCC1. The molecule has 0 saturated heterocycles. The van der Waals surface area contributed by atoms with Crippen molar-refractivity contribution in [3.63, 3.8) is 0 Å². The average Bonchev–Trinajstić information content (AvgIpc) is 2.59. The summed E-state index contributed by atoms with van der Waals surface area (Å²) in [6.45, 7) is 1.12. The molecule has 22 heavy (non-hydrogen) atoms. The lowest BCUT2D eigenvalue weighted by molar-refractivity contribution is 0.0629. The summed E-state index contributed by atoms with van der Waals surface area (Å²) < 4.78 is 0. The molecule has 0 atom stereocenters. The summed E-state index contributed by atoms with van der Waals surface area (Å²) in [6, 6.07) is 10.1. The standard InChI is InChI=1S/C19H29NO2/c21-16-10-2-1-9-15-20(18-13-7-4-8-14-18)19(22)17-11-5-3-6-12-17/h3,5-6,11-12,18,21H,1-2,4,7-10,13-16H2. The van der Waals surface area contributed by atoms with Gasteiger partial charge in [-0.15, -0.1) is 0 Å². The highest BCUT2D eigenvalue weighted by molar-refractivity contribution is 5.94. The molecular formula is C19H29NO2. The molecule has 0 aromatic heterocycles. The van der Waals surface area contributed by atoms with Gasteiger partial charge in [0.1, 0.15) is 0 Å². The second-order valence-electron chi connectivity index (χ2n) is 6.29. The summed E-state index contributed by atoms with van der Waals surface area (Å²) in [5.74, 6) is 0.189. The van der Waals surface area contributed by atoms with Gasteiger partial charge in [0.2, 0.25) is 0 Å². The molecule has 0 heterocycles. The van der Waals surface area contributed by atoms with Crippen molar-refractivity contribution in [2.24, 2.45) is 0 Å². The van der Waals surface area contributed by atoms with Crippen LogP contribution in [0.5, 0.6) is 0 Å². The second kappa shape index (κ2) is 9.62. The zero-order valence-corrected chi connectivity index (χ0v) is 13.5. The Bertz CT molecular complexity index is 426. The number of carbonyl (C=O) groups is 1. The van der Waals surface area contributed by atoms with Gasteiger partial charge < -0.3 is 10.0 Å². The maximum Gasteiger partial charge on any atom is 0.254 e. The average molecular weight is 303 g/mol. The number of hydrogen-bond donors (Lipinski definition) is 1. The van der Waals surface area contributed by atoms with Crippen molar-refractivity contribution < 1.29 is 9.90 Å². The van der Waals surface area contributed by atoms with Crippen LogP contribution in [0.4, 0.5) is 0 Å². The van der Waals surface area contributed by atoms with Gasteiger partial charge in [-0.3, -0.25) is 4.79 Å². The van der Waals surface area contributed by atoms with E-state index < -0.39 is 0 Å². The fourth-order valence-electron chi connectivity index (χ4n) is 3.34. The summed E-state index contributed by atoms with van der Waals surface area (Å²) in [5, 5.41) is 8.85. The quantitative estimate of drug-likeness (QED) is 0.737. The largest absolute Gasteiger partial charge is 0.396 e. The number of amides is 1. The molecule has 3 nitrogen and oxygen atoms in total. The molecule has 1 aromatic carbocycles. The third-order valence-electron chi connectivity index (χ3n) is 4.60. The van der Waals surface area contributed by atoms with Gasteiger partial charge in [-0.25, -0.2) is 0 Å². The third-order valence-corrected chi connectivity index (χ3v) is 4.60. The summed E-state index contributed by atoms with van der Waals surface area (Å²) in [4.78, 5) is 15.0. The lowest BCUT2D eigenvalue weighted by Crippen LogP contribution is -2.42. The highest BCUT2D eigenvalue weighted by Gasteiger charge is 2.25. The number of carbonyl (C=O) groups excluding carboxylic acids is 1. The first-order chi connectivity index (χ1) is 10.8. The Labute approximate surface area is 134 Å². The van der Waals surface area contributed by atoms with E-state index in [0.717, 1.165) is 50.6 Å². The normalized spacial score (nSPS) is 15.7. The Kier molecular flexibility index (Phi) is 7.44. The number of hydrogen-bond acceptors (Lipinski definition) is 2. The predicted octanol–water partition coefficient (Wildman–Crippen LogP) is 4.01. The first-order valence-electron chi connectivity index (χ1n) is 8.80. The lowest BCUT2D eigenvalue weighted by Gasteiger charge is -2.34.